The fourth-order valence-electron chi connectivity index (χ4n) is 5.21. The van der Waals surface area contributed by atoms with Gasteiger partial charge in [0.05, 0.1) is 13.2 Å². The Bertz CT molecular complexity index is 658. The molecule has 1 N–H and O–H groups in total. The normalized spacial score (nSPS) is 34.4. The van der Waals surface area contributed by atoms with Crippen LogP contribution in [0.25, 0.3) is 0 Å². The van der Waals surface area contributed by atoms with Gasteiger partial charge in [0.25, 0.3) is 0 Å². The van der Waals surface area contributed by atoms with Gasteiger partial charge >= 0.3 is 6.09 Å². The smallest absolute Gasteiger partial charge is 0.407 e. The van der Waals surface area contributed by atoms with E-state index in [1.54, 1.807) is 0 Å². The summed E-state index contributed by atoms with van der Waals surface area (Å²) in [5, 5.41) is 3.16. The molecule has 4 rings (SSSR count). The van der Waals surface area contributed by atoms with Gasteiger partial charge in [-0.3, -0.25) is 0 Å². The van der Waals surface area contributed by atoms with Crippen LogP contribution in [0.3, 0.4) is 0 Å². The molecule has 3 fully saturated rings. The lowest BCUT2D eigenvalue weighted by molar-refractivity contribution is -0.187. The molecule has 0 aromatic heterocycles. The van der Waals surface area contributed by atoms with E-state index in [1.807, 2.05) is 30.3 Å². The highest BCUT2D eigenvalue weighted by atomic mass is 16.7. The van der Waals surface area contributed by atoms with Crippen LogP contribution in [-0.4, -0.2) is 31.1 Å². The Morgan fingerprint density at radius 1 is 1.19 bits per heavy atom. The van der Waals surface area contributed by atoms with E-state index in [0.29, 0.717) is 37.1 Å². The molecular formula is C22H31NO4. The first-order chi connectivity index (χ1) is 13.0. The molecule has 1 amide bonds. The molecule has 3 unspecified atom stereocenters. The van der Waals surface area contributed by atoms with Crippen LogP contribution in [0.4, 0.5) is 4.79 Å². The van der Waals surface area contributed by atoms with Gasteiger partial charge in [-0.15, -0.1) is 0 Å². The minimum atomic E-state index is -0.460. The minimum absolute atomic E-state index is 0.184. The van der Waals surface area contributed by atoms with Crippen molar-refractivity contribution < 1.29 is 19.0 Å². The maximum Gasteiger partial charge on any atom is 0.407 e. The van der Waals surface area contributed by atoms with E-state index in [-0.39, 0.29) is 12.1 Å². The third kappa shape index (κ3) is 3.85. The number of amides is 1. The predicted octanol–water partition coefficient (Wildman–Crippen LogP) is 4.26. The molecular weight excluding hydrogens is 342 g/mol. The van der Waals surface area contributed by atoms with Crippen LogP contribution >= 0.6 is 0 Å². The summed E-state index contributed by atoms with van der Waals surface area (Å²) in [6.07, 6.45) is 5.11. The number of carbonyl (C=O) groups is 1. The number of benzene rings is 1. The van der Waals surface area contributed by atoms with E-state index in [9.17, 15) is 4.79 Å². The lowest BCUT2D eigenvalue weighted by Crippen LogP contribution is -2.38. The summed E-state index contributed by atoms with van der Waals surface area (Å²) in [6.45, 7) is 6.04. The average Bonchev–Trinajstić information content (AvgIpc) is 3.27. The Hall–Kier alpha value is -1.59. The monoisotopic (exact) mass is 373 g/mol. The maximum atomic E-state index is 12.4. The summed E-state index contributed by atoms with van der Waals surface area (Å²) < 4.78 is 17.4. The highest BCUT2D eigenvalue weighted by Crippen LogP contribution is 2.64. The molecule has 5 heteroatoms. The van der Waals surface area contributed by atoms with Gasteiger partial charge in [-0.25, -0.2) is 4.79 Å². The van der Waals surface area contributed by atoms with E-state index < -0.39 is 5.79 Å². The molecule has 148 valence electrons. The summed E-state index contributed by atoms with van der Waals surface area (Å²) in [7, 11) is 0. The van der Waals surface area contributed by atoms with Crippen molar-refractivity contribution in [3.8, 4) is 0 Å². The molecule has 3 aliphatic rings. The standard InChI is InChI=1S/C22H31NO4/c1-3-22-13-17(21(2)26-11-12-27-21)9-10-19(18(22)14-22)23-20(24)25-15-16-7-5-4-6-8-16/h4-8,17-19H,3,9-15H2,1-2H3,(H,23,24)/t17?,18-,19?,22?/m1/s1. The van der Waals surface area contributed by atoms with Gasteiger partial charge in [-0.1, -0.05) is 43.7 Å². The van der Waals surface area contributed by atoms with Crippen LogP contribution in [0.15, 0.2) is 30.3 Å². The number of nitrogens with one attached hydrogen (secondary N) is 1. The highest BCUT2D eigenvalue weighted by molar-refractivity contribution is 5.67. The first-order valence-electron chi connectivity index (χ1n) is 10.3. The first kappa shape index (κ1) is 18.8. The zero-order chi connectivity index (χ0) is 18.9. The Morgan fingerprint density at radius 2 is 1.93 bits per heavy atom. The van der Waals surface area contributed by atoms with Crippen LogP contribution in [-0.2, 0) is 20.8 Å². The molecule has 0 spiro atoms. The third-order valence-electron chi connectivity index (χ3n) is 7.04. The number of fused-ring (bicyclic) bond motifs is 1. The molecule has 27 heavy (non-hydrogen) atoms. The molecule has 2 aliphatic carbocycles. The quantitative estimate of drug-likeness (QED) is 0.838. The number of hydrogen-bond acceptors (Lipinski definition) is 4. The molecule has 1 saturated heterocycles. The summed E-state index contributed by atoms with van der Waals surface area (Å²) in [5.74, 6) is 0.469. The molecule has 1 aromatic carbocycles. The largest absolute Gasteiger partial charge is 0.445 e. The van der Waals surface area contributed by atoms with Crippen LogP contribution in [0, 0.1) is 17.3 Å². The van der Waals surface area contributed by atoms with Gasteiger partial charge in [-0.05, 0) is 49.5 Å². The molecule has 1 heterocycles. The van der Waals surface area contributed by atoms with E-state index in [1.165, 1.54) is 6.42 Å². The van der Waals surface area contributed by atoms with Gasteiger partial charge in [0, 0.05) is 12.0 Å². The summed E-state index contributed by atoms with van der Waals surface area (Å²) in [6, 6.07) is 9.99. The van der Waals surface area contributed by atoms with Crippen LogP contribution in [0.5, 0.6) is 0 Å². The molecule has 0 bridgehead atoms. The van der Waals surface area contributed by atoms with Crippen molar-refractivity contribution >= 4 is 6.09 Å². The van der Waals surface area contributed by atoms with Crippen LogP contribution in [0.2, 0.25) is 0 Å². The Morgan fingerprint density at radius 3 is 2.63 bits per heavy atom. The Balaban J connectivity index is 1.37. The molecule has 2 saturated carbocycles. The number of ether oxygens (including phenoxy) is 3. The van der Waals surface area contributed by atoms with Crippen molar-refractivity contribution in [3.63, 3.8) is 0 Å². The van der Waals surface area contributed by atoms with Crippen LogP contribution in [0.1, 0.15) is 51.5 Å². The Kier molecular flexibility index (Phi) is 5.17. The maximum absolute atomic E-state index is 12.4. The molecule has 1 aliphatic heterocycles. The predicted molar refractivity (Wildman–Crippen MR) is 102 cm³/mol. The fourth-order valence-corrected chi connectivity index (χ4v) is 5.21. The Labute approximate surface area is 161 Å². The van der Waals surface area contributed by atoms with Crippen molar-refractivity contribution in [2.45, 2.75) is 64.4 Å². The van der Waals surface area contributed by atoms with Gasteiger partial charge in [0.15, 0.2) is 5.79 Å². The lowest BCUT2D eigenvalue weighted by Gasteiger charge is -2.34. The summed E-state index contributed by atoms with van der Waals surface area (Å²) >= 11 is 0. The van der Waals surface area contributed by atoms with Crippen molar-refractivity contribution in [1.29, 1.82) is 0 Å². The van der Waals surface area contributed by atoms with Crippen molar-refractivity contribution in [2.75, 3.05) is 13.2 Å². The third-order valence-corrected chi connectivity index (χ3v) is 7.04. The van der Waals surface area contributed by atoms with Crippen molar-refractivity contribution in [2.24, 2.45) is 17.3 Å². The highest BCUT2D eigenvalue weighted by Gasteiger charge is 2.60. The van der Waals surface area contributed by atoms with Gasteiger partial charge in [0.1, 0.15) is 6.61 Å². The van der Waals surface area contributed by atoms with E-state index >= 15 is 0 Å². The van der Waals surface area contributed by atoms with Gasteiger partial charge in [-0.2, -0.15) is 0 Å². The fraction of sp³-hybridized carbons (Fsp3) is 0.682. The molecule has 0 radical (unpaired) electrons. The van der Waals surface area contributed by atoms with E-state index in [4.69, 9.17) is 14.2 Å². The number of rotatable bonds is 5. The summed E-state index contributed by atoms with van der Waals surface area (Å²) in [5.41, 5.74) is 1.32. The number of alkyl carbamates (subject to hydrolysis) is 1. The zero-order valence-electron chi connectivity index (χ0n) is 16.4. The van der Waals surface area contributed by atoms with Gasteiger partial charge < -0.3 is 19.5 Å². The lowest BCUT2D eigenvalue weighted by atomic mass is 9.83. The molecule has 4 atom stereocenters. The van der Waals surface area contributed by atoms with E-state index in [0.717, 1.165) is 31.2 Å². The van der Waals surface area contributed by atoms with Crippen molar-refractivity contribution in [1.82, 2.24) is 5.32 Å². The van der Waals surface area contributed by atoms with Crippen LogP contribution < -0.4 is 5.32 Å². The second-order valence-corrected chi connectivity index (χ2v) is 8.53. The number of carbonyl (C=O) groups excluding carboxylic acids is 1. The van der Waals surface area contributed by atoms with E-state index in [2.05, 4.69) is 19.2 Å². The second-order valence-electron chi connectivity index (χ2n) is 8.53. The second kappa shape index (κ2) is 7.44. The SMILES string of the molecule is CCC12CC(C3(C)OCCO3)CCC(NC(=O)OCc3ccccc3)[C@H]1C2. The first-order valence-corrected chi connectivity index (χ1v) is 10.3. The van der Waals surface area contributed by atoms with Gasteiger partial charge in [0.2, 0.25) is 0 Å². The molecule has 1 aromatic rings. The molecule has 5 nitrogen and oxygen atoms in total. The zero-order valence-corrected chi connectivity index (χ0v) is 16.4. The average molecular weight is 373 g/mol. The minimum Gasteiger partial charge on any atom is -0.445 e. The summed E-state index contributed by atoms with van der Waals surface area (Å²) in [4.78, 5) is 12.4. The van der Waals surface area contributed by atoms with Crippen molar-refractivity contribution in [3.05, 3.63) is 35.9 Å². The topological polar surface area (TPSA) is 56.8 Å². The number of hydrogen-bond donors (Lipinski definition) is 1.